The van der Waals surface area contributed by atoms with Gasteiger partial charge in [0.15, 0.2) is 11.5 Å². The van der Waals surface area contributed by atoms with Crippen LogP contribution in [0.5, 0.6) is 0 Å². The molecule has 2 aromatic heterocycles. The minimum atomic E-state index is 0.212. The van der Waals surface area contributed by atoms with Crippen LogP contribution in [0.15, 0.2) is 47.0 Å². The van der Waals surface area contributed by atoms with Crippen molar-refractivity contribution in [1.82, 2.24) is 25.1 Å². The van der Waals surface area contributed by atoms with Gasteiger partial charge < -0.3 is 10.3 Å². The molecule has 0 radical (unpaired) electrons. The lowest BCUT2D eigenvalue weighted by atomic mass is 10.1. The van der Waals surface area contributed by atoms with E-state index < -0.39 is 0 Å². The Morgan fingerprint density at radius 3 is 2.62 bits per heavy atom. The number of nitrogen functional groups attached to an aromatic ring is 1. The van der Waals surface area contributed by atoms with Gasteiger partial charge in [-0.3, -0.25) is 0 Å². The fraction of sp³-hybridized carbons (Fsp3) is 0.111. The van der Waals surface area contributed by atoms with E-state index in [1.807, 2.05) is 44.2 Å². The van der Waals surface area contributed by atoms with Crippen molar-refractivity contribution in [3.8, 4) is 28.7 Å². The van der Waals surface area contributed by atoms with Crippen molar-refractivity contribution >= 4 is 17.4 Å². The average Bonchev–Trinajstić information content (AvgIpc) is 3.24. The van der Waals surface area contributed by atoms with Crippen molar-refractivity contribution in [1.29, 1.82) is 0 Å². The van der Waals surface area contributed by atoms with Crippen LogP contribution < -0.4 is 5.73 Å². The quantitative estimate of drug-likeness (QED) is 0.591. The van der Waals surface area contributed by atoms with Gasteiger partial charge in [0.1, 0.15) is 0 Å². The Balaban J connectivity index is 1.73. The standard InChI is InChI=1S/C18H15ClN6O/c1-10-3-6-12(7-4-10)17-21-18(26-23-17)15-16(20)25(24-22-15)14-9-13(19)8-5-11(14)2/h3-9H,20H2,1-2H3. The fourth-order valence-corrected chi connectivity index (χ4v) is 2.74. The maximum Gasteiger partial charge on any atom is 0.282 e. The van der Waals surface area contributed by atoms with E-state index in [2.05, 4.69) is 20.5 Å². The van der Waals surface area contributed by atoms with Gasteiger partial charge in [-0.05, 0) is 31.5 Å². The largest absolute Gasteiger partial charge is 0.382 e. The lowest BCUT2D eigenvalue weighted by Gasteiger charge is -2.07. The molecule has 0 aliphatic carbocycles. The molecule has 130 valence electrons. The fourth-order valence-electron chi connectivity index (χ4n) is 2.57. The van der Waals surface area contributed by atoms with Crippen LogP contribution in [0.25, 0.3) is 28.7 Å². The zero-order chi connectivity index (χ0) is 18.3. The molecule has 0 saturated heterocycles. The molecule has 2 aromatic carbocycles. The normalized spacial score (nSPS) is 11.0. The van der Waals surface area contributed by atoms with Crippen LogP contribution in [0.2, 0.25) is 5.02 Å². The number of nitrogens with two attached hydrogens (primary N) is 1. The summed E-state index contributed by atoms with van der Waals surface area (Å²) in [4.78, 5) is 4.39. The topological polar surface area (TPSA) is 95.7 Å². The van der Waals surface area contributed by atoms with E-state index in [-0.39, 0.29) is 5.89 Å². The number of anilines is 1. The molecule has 0 aliphatic heterocycles. The molecule has 0 amide bonds. The lowest BCUT2D eigenvalue weighted by Crippen LogP contribution is -2.04. The summed E-state index contributed by atoms with van der Waals surface area (Å²) < 4.78 is 6.84. The number of hydrogen-bond acceptors (Lipinski definition) is 6. The van der Waals surface area contributed by atoms with E-state index in [0.29, 0.717) is 22.4 Å². The van der Waals surface area contributed by atoms with Crippen molar-refractivity contribution < 1.29 is 4.52 Å². The molecule has 0 bridgehead atoms. The molecule has 0 spiro atoms. The first-order valence-corrected chi connectivity index (χ1v) is 8.29. The van der Waals surface area contributed by atoms with Gasteiger partial charge in [0, 0.05) is 10.6 Å². The summed E-state index contributed by atoms with van der Waals surface area (Å²) in [6, 6.07) is 13.3. The molecular weight excluding hydrogens is 352 g/mol. The van der Waals surface area contributed by atoms with Crippen LogP contribution in [-0.4, -0.2) is 25.1 Å². The summed E-state index contributed by atoms with van der Waals surface area (Å²) in [5.74, 6) is 0.978. The van der Waals surface area contributed by atoms with Crippen molar-refractivity contribution in [3.05, 3.63) is 58.6 Å². The number of aromatic nitrogens is 5. The summed E-state index contributed by atoms with van der Waals surface area (Å²) in [6.45, 7) is 3.96. The number of halogens is 1. The summed E-state index contributed by atoms with van der Waals surface area (Å²) >= 11 is 6.08. The van der Waals surface area contributed by atoms with Crippen molar-refractivity contribution in [2.75, 3.05) is 5.73 Å². The Kier molecular flexibility index (Phi) is 3.93. The highest BCUT2D eigenvalue weighted by Gasteiger charge is 2.20. The maximum absolute atomic E-state index is 6.22. The highest BCUT2D eigenvalue weighted by Crippen LogP contribution is 2.28. The van der Waals surface area contributed by atoms with E-state index in [1.54, 1.807) is 12.1 Å². The van der Waals surface area contributed by atoms with E-state index in [4.69, 9.17) is 21.9 Å². The highest BCUT2D eigenvalue weighted by molar-refractivity contribution is 6.30. The first-order chi connectivity index (χ1) is 12.5. The number of nitrogens with zero attached hydrogens (tertiary/aromatic N) is 5. The highest BCUT2D eigenvalue weighted by atomic mass is 35.5. The van der Waals surface area contributed by atoms with Gasteiger partial charge in [0.2, 0.25) is 5.82 Å². The number of benzene rings is 2. The molecule has 0 aliphatic rings. The minimum absolute atomic E-state index is 0.212. The van der Waals surface area contributed by atoms with Gasteiger partial charge in [0.05, 0.1) is 5.69 Å². The molecule has 4 rings (SSSR count). The third kappa shape index (κ3) is 2.82. The summed E-state index contributed by atoms with van der Waals surface area (Å²) in [6.07, 6.45) is 0. The molecular formula is C18H15ClN6O. The second-order valence-electron chi connectivity index (χ2n) is 5.96. The molecule has 7 nitrogen and oxygen atoms in total. The van der Waals surface area contributed by atoms with Gasteiger partial charge in [-0.1, -0.05) is 57.9 Å². The number of hydrogen-bond donors (Lipinski definition) is 1. The minimum Gasteiger partial charge on any atom is -0.382 e. The average molecular weight is 367 g/mol. The van der Waals surface area contributed by atoms with Crippen LogP contribution in [0, 0.1) is 13.8 Å². The first kappa shape index (κ1) is 16.3. The SMILES string of the molecule is Cc1ccc(-c2noc(-c3nnn(-c4cc(Cl)ccc4C)c3N)n2)cc1. The third-order valence-electron chi connectivity index (χ3n) is 4.04. The third-order valence-corrected chi connectivity index (χ3v) is 4.28. The Bertz CT molecular complexity index is 1080. The van der Waals surface area contributed by atoms with Crippen LogP contribution in [0.4, 0.5) is 5.82 Å². The molecule has 4 aromatic rings. The zero-order valence-electron chi connectivity index (χ0n) is 14.1. The van der Waals surface area contributed by atoms with Crippen LogP contribution >= 0.6 is 11.6 Å². The Morgan fingerprint density at radius 2 is 1.85 bits per heavy atom. The van der Waals surface area contributed by atoms with E-state index in [0.717, 1.165) is 22.4 Å². The molecule has 26 heavy (non-hydrogen) atoms. The van der Waals surface area contributed by atoms with Crippen LogP contribution in [0.1, 0.15) is 11.1 Å². The van der Waals surface area contributed by atoms with Gasteiger partial charge in [-0.15, -0.1) is 5.10 Å². The second kappa shape index (κ2) is 6.27. The molecule has 2 heterocycles. The molecule has 8 heteroatoms. The maximum atomic E-state index is 6.22. The molecule has 2 N–H and O–H groups in total. The van der Waals surface area contributed by atoms with Gasteiger partial charge in [-0.25, -0.2) is 0 Å². The van der Waals surface area contributed by atoms with Crippen molar-refractivity contribution in [2.24, 2.45) is 0 Å². The Labute approximate surface area is 154 Å². The molecule has 0 unspecified atom stereocenters. The van der Waals surface area contributed by atoms with Crippen LogP contribution in [0.3, 0.4) is 0 Å². The summed E-state index contributed by atoms with van der Waals surface area (Å²) in [7, 11) is 0. The Morgan fingerprint density at radius 1 is 1.08 bits per heavy atom. The van der Waals surface area contributed by atoms with E-state index >= 15 is 0 Å². The summed E-state index contributed by atoms with van der Waals surface area (Å²) in [5, 5.41) is 12.8. The molecule has 0 atom stereocenters. The number of aryl methyl sites for hydroxylation is 2. The lowest BCUT2D eigenvalue weighted by molar-refractivity contribution is 0.431. The smallest absolute Gasteiger partial charge is 0.282 e. The Hall–Kier alpha value is -3.19. The first-order valence-electron chi connectivity index (χ1n) is 7.92. The van der Waals surface area contributed by atoms with Gasteiger partial charge >= 0.3 is 0 Å². The monoisotopic (exact) mass is 366 g/mol. The van der Waals surface area contributed by atoms with Crippen LogP contribution in [-0.2, 0) is 0 Å². The van der Waals surface area contributed by atoms with Gasteiger partial charge in [0.25, 0.3) is 5.89 Å². The van der Waals surface area contributed by atoms with Gasteiger partial charge in [-0.2, -0.15) is 9.67 Å². The van der Waals surface area contributed by atoms with Crippen molar-refractivity contribution in [3.63, 3.8) is 0 Å². The second-order valence-corrected chi connectivity index (χ2v) is 6.39. The molecule has 0 saturated carbocycles. The number of rotatable bonds is 3. The summed E-state index contributed by atoms with van der Waals surface area (Å²) in [5.41, 5.74) is 10.3. The zero-order valence-corrected chi connectivity index (χ0v) is 14.9. The van der Waals surface area contributed by atoms with E-state index in [9.17, 15) is 0 Å². The predicted octanol–water partition coefficient (Wildman–Crippen LogP) is 3.84. The van der Waals surface area contributed by atoms with E-state index in [1.165, 1.54) is 4.68 Å². The molecule has 0 fully saturated rings. The van der Waals surface area contributed by atoms with Crippen molar-refractivity contribution in [2.45, 2.75) is 13.8 Å². The predicted molar refractivity (Wildman–Crippen MR) is 99.0 cm³/mol.